The maximum atomic E-state index is 12.2. The van der Waals surface area contributed by atoms with Crippen molar-refractivity contribution in [1.82, 2.24) is 19.6 Å². The first kappa shape index (κ1) is 13.5. The van der Waals surface area contributed by atoms with Gasteiger partial charge in [0.25, 0.3) is 10.0 Å². The number of nitrogens with zero attached hydrogens (tertiary/aromatic N) is 4. The van der Waals surface area contributed by atoms with Gasteiger partial charge >= 0.3 is 0 Å². The number of hydrogen-bond donors (Lipinski definition) is 2. The van der Waals surface area contributed by atoms with Gasteiger partial charge in [-0.2, -0.15) is 10.2 Å². The fourth-order valence-electron chi connectivity index (χ4n) is 1.46. The molecule has 0 aliphatic rings. The highest BCUT2D eigenvalue weighted by molar-refractivity contribution is 7.92. The van der Waals surface area contributed by atoms with Crippen molar-refractivity contribution in [1.29, 1.82) is 0 Å². The lowest BCUT2D eigenvalue weighted by Crippen LogP contribution is -2.19. The second-order valence-electron chi connectivity index (χ2n) is 3.85. The summed E-state index contributed by atoms with van der Waals surface area (Å²) in [4.78, 5) is 0.113. The molecule has 0 saturated carbocycles. The maximum Gasteiger partial charge on any atom is 0.266 e. The van der Waals surface area contributed by atoms with Gasteiger partial charge in [-0.25, -0.2) is 8.42 Å². The minimum atomic E-state index is -3.75. The molecule has 2 rings (SSSR count). The number of rotatable bonds is 4. The molecule has 0 radical (unpaired) electrons. The van der Waals surface area contributed by atoms with Crippen LogP contribution in [-0.2, 0) is 24.1 Å². The molecule has 8 nitrogen and oxygen atoms in total. The number of hydrogen-bond acceptors (Lipinski definition) is 5. The largest absolute Gasteiger partial charge is 0.389 e. The van der Waals surface area contributed by atoms with Crippen LogP contribution in [0.3, 0.4) is 0 Å². The maximum absolute atomic E-state index is 12.2. The van der Waals surface area contributed by atoms with Crippen LogP contribution in [-0.4, -0.2) is 33.0 Å². The lowest BCUT2D eigenvalue weighted by atomic mass is 10.3. The van der Waals surface area contributed by atoms with Crippen LogP contribution in [0.5, 0.6) is 0 Å². The Morgan fingerprint density at radius 3 is 2.58 bits per heavy atom. The summed E-state index contributed by atoms with van der Waals surface area (Å²) in [5, 5.41) is 7.74. The van der Waals surface area contributed by atoms with E-state index in [9.17, 15) is 8.42 Å². The fraction of sp³-hybridized carbons (Fsp3) is 0.222. The Balaban J connectivity index is 2.41. The van der Waals surface area contributed by atoms with Crippen molar-refractivity contribution in [2.75, 3.05) is 4.72 Å². The van der Waals surface area contributed by atoms with Gasteiger partial charge in [-0.15, -0.1) is 0 Å². The molecule has 19 heavy (non-hydrogen) atoms. The number of aryl methyl sites for hydroxylation is 2. The Hall–Kier alpha value is -1.94. The highest BCUT2D eigenvalue weighted by Gasteiger charge is 2.21. The zero-order valence-electron chi connectivity index (χ0n) is 10.2. The van der Waals surface area contributed by atoms with E-state index in [1.165, 1.54) is 28.0 Å². The van der Waals surface area contributed by atoms with Crippen LogP contribution in [0, 0.1) is 0 Å². The first-order chi connectivity index (χ1) is 8.81. The summed E-state index contributed by atoms with van der Waals surface area (Å²) in [5.74, 6) is 0.219. The molecule has 0 bridgehead atoms. The van der Waals surface area contributed by atoms with Gasteiger partial charge in [-0.3, -0.25) is 14.1 Å². The lowest BCUT2D eigenvalue weighted by Gasteiger charge is -2.08. The van der Waals surface area contributed by atoms with Crippen molar-refractivity contribution in [3.63, 3.8) is 0 Å². The van der Waals surface area contributed by atoms with Crippen LogP contribution in [0.15, 0.2) is 23.5 Å². The van der Waals surface area contributed by atoms with E-state index in [0.717, 1.165) is 0 Å². The minimum absolute atomic E-state index is 0.0464. The summed E-state index contributed by atoms with van der Waals surface area (Å²) in [6, 6.07) is 0. The molecular weight excluding hydrogens is 288 g/mol. The summed E-state index contributed by atoms with van der Waals surface area (Å²) in [6.07, 6.45) is 4.04. The topological polar surface area (TPSA) is 108 Å². The standard InChI is InChI=1S/C9H12N6O2S2/c1-14-5-6(3-11-14)19(16,17)13-9-7(8(10)18)4-12-15(9)2/h3-5,13H,1-2H3,(H2,10,18). The SMILES string of the molecule is Cn1cc(S(=O)(=O)Nc2c(C(N)=S)cnn2C)cn1. The second-order valence-corrected chi connectivity index (χ2v) is 5.97. The average molecular weight is 300 g/mol. The van der Waals surface area contributed by atoms with Crippen LogP contribution in [0.4, 0.5) is 5.82 Å². The normalized spacial score (nSPS) is 11.5. The van der Waals surface area contributed by atoms with E-state index in [-0.39, 0.29) is 15.7 Å². The quantitative estimate of drug-likeness (QED) is 0.743. The van der Waals surface area contributed by atoms with E-state index in [0.29, 0.717) is 5.56 Å². The number of nitrogens with two attached hydrogens (primary N) is 1. The first-order valence-corrected chi connectivity index (χ1v) is 7.03. The zero-order chi connectivity index (χ0) is 14.2. The van der Waals surface area contributed by atoms with Gasteiger partial charge in [0.05, 0.1) is 18.0 Å². The Morgan fingerprint density at radius 1 is 1.37 bits per heavy atom. The van der Waals surface area contributed by atoms with Crippen molar-refractivity contribution >= 4 is 33.0 Å². The molecule has 0 unspecified atom stereocenters. The lowest BCUT2D eigenvalue weighted by molar-refractivity contribution is 0.600. The number of sulfonamides is 1. The van der Waals surface area contributed by atoms with Crippen LogP contribution in [0.1, 0.15) is 5.56 Å². The van der Waals surface area contributed by atoms with Crippen molar-refractivity contribution in [2.24, 2.45) is 19.8 Å². The van der Waals surface area contributed by atoms with Crippen LogP contribution in [0.25, 0.3) is 0 Å². The predicted octanol–water partition coefficient (Wildman–Crippen LogP) is -0.411. The summed E-state index contributed by atoms with van der Waals surface area (Å²) in [6.45, 7) is 0. The molecule has 0 spiro atoms. The van der Waals surface area contributed by atoms with Crippen molar-refractivity contribution < 1.29 is 8.42 Å². The molecule has 2 aromatic heterocycles. The van der Waals surface area contributed by atoms with Gasteiger partial charge in [-0.05, 0) is 0 Å². The minimum Gasteiger partial charge on any atom is -0.389 e. The number of thiocarbonyl (C=S) groups is 1. The van der Waals surface area contributed by atoms with Gasteiger partial charge in [0, 0.05) is 20.3 Å². The zero-order valence-corrected chi connectivity index (χ0v) is 11.9. The number of aromatic nitrogens is 4. The van der Waals surface area contributed by atoms with Gasteiger partial charge in [0.1, 0.15) is 15.7 Å². The first-order valence-electron chi connectivity index (χ1n) is 5.14. The number of nitrogens with one attached hydrogen (secondary N) is 1. The average Bonchev–Trinajstić information content (AvgIpc) is 2.87. The Morgan fingerprint density at radius 2 is 2.05 bits per heavy atom. The third kappa shape index (κ3) is 2.58. The van der Waals surface area contributed by atoms with Crippen molar-refractivity contribution in [3.05, 3.63) is 24.2 Å². The molecule has 0 fully saturated rings. The summed E-state index contributed by atoms with van der Waals surface area (Å²) in [7, 11) is -0.536. The van der Waals surface area contributed by atoms with Crippen LogP contribution < -0.4 is 10.5 Å². The second kappa shape index (κ2) is 4.63. The third-order valence-corrected chi connectivity index (χ3v) is 3.94. The van der Waals surface area contributed by atoms with E-state index < -0.39 is 10.0 Å². The van der Waals surface area contributed by atoms with Gasteiger partial charge in [0.2, 0.25) is 0 Å². The molecule has 0 atom stereocenters. The number of anilines is 1. The highest BCUT2D eigenvalue weighted by atomic mass is 32.2. The summed E-state index contributed by atoms with van der Waals surface area (Å²) >= 11 is 4.85. The van der Waals surface area contributed by atoms with Gasteiger partial charge in [-0.1, -0.05) is 12.2 Å². The molecule has 3 N–H and O–H groups in total. The van der Waals surface area contributed by atoms with E-state index in [2.05, 4.69) is 14.9 Å². The van der Waals surface area contributed by atoms with Gasteiger partial charge in [0.15, 0.2) is 0 Å². The molecular formula is C9H12N6O2S2. The van der Waals surface area contributed by atoms with Crippen molar-refractivity contribution in [3.8, 4) is 0 Å². The molecule has 0 amide bonds. The molecule has 0 saturated heterocycles. The van der Waals surface area contributed by atoms with Crippen molar-refractivity contribution in [2.45, 2.75) is 4.90 Å². The monoisotopic (exact) mass is 300 g/mol. The molecule has 0 aromatic carbocycles. The Kier molecular flexibility index (Phi) is 3.28. The fourth-order valence-corrected chi connectivity index (χ4v) is 2.70. The molecule has 10 heteroatoms. The highest BCUT2D eigenvalue weighted by Crippen LogP contribution is 2.18. The smallest absolute Gasteiger partial charge is 0.266 e. The van der Waals surface area contributed by atoms with E-state index in [4.69, 9.17) is 18.0 Å². The molecule has 0 aliphatic carbocycles. The molecule has 2 aromatic rings. The summed E-state index contributed by atoms with van der Waals surface area (Å²) in [5.41, 5.74) is 5.88. The van der Waals surface area contributed by atoms with Crippen LogP contribution in [0.2, 0.25) is 0 Å². The van der Waals surface area contributed by atoms with E-state index in [1.807, 2.05) is 0 Å². The van der Waals surface area contributed by atoms with E-state index >= 15 is 0 Å². The predicted molar refractivity (Wildman–Crippen MR) is 73.1 cm³/mol. The summed E-state index contributed by atoms with van der Waals surface area (Å²) < 4.78 is 29.4. The molecule has 0 aliphatic heterocycles. The molecule has 102 valence electrons. The van der Waals surface area contributed by atoms with Crippen LogP contribution >= 0.6 is 12.2 Å². The Labute approximate surface area is 115 Å². The van der Waals surface area contributed by atoms with E-state index in [1.54, 1.807) is 14.1 Å². The Bertz CT molecular complexity index is 730. The van der Waals surface area contributed by atoms with Gasteiger partial charge < -0.3 is 5.73 Å². The molecule has 2 heterocycles. The third-order valence-electron chi connectivity index (χ3n) is 2.43.